The molecule has 0 heterocycles. The Hall–Kier alpha value is -3.30. The SMILES string of the molecule is O=C(O)CNC(=O)N[C@@H](CCCCNC(=O)OCc1ccccc1)C(=O)O. The Bertz CT molecular complexity index is 637. The highest BCUT2D eigenvalue weighted by Gasteiger charge is 2.19. The Morgan fingerprint density at radius 2 is 1.70 bits per heavy atom. The molecule has 5 N–H and O–H groups in total. The highest BCUT2D eigenvalue weighted by Crippen LogP contribution is 2.02. The molecular formula is C17H23N3O7. The van der Waals surface area contributed by atoms with E-state index in [1.807, 2.05) is 35.6 Å². The van der Waals surface area contributed by atoms with Crippen LogP contribution in [0.15, 0.2) is 30.3 Å². The van der Waals surface area contributed by atoms with Crippen molar-refractivity contribution in [2.75, 3.05) is 13.1 Å². The number of carboxylic acids is 2. The first kappa shape index (κ1) is 21.7. The summed E-state index contributed by atoms with van der Waals surface area (Å²) >= 11 is 0. The topological polar surface area (TPSA) is 154 Å². The second-order valence-corrected chi connectivity index (χ2v) is 5.60. The standard InChI is InChI=1S/C17H23N3O7/c21-14(22)10-19-16(25)20-13(15(23)24)8-4-5-9-18-17(26)27-11-12-6-2-1-3-7-12/h1-3,6-7,13H,4-5,8-11H2,(H,18,26)(H,21,22)(H,23,24)(H2,19,20,25)/t13-/m0/s1. The van der Waals surface area contributed by atoms with E-state index in [1.54, 1.807) is 0 Å². The number of carboxylic acid groups (broad SMARTS) is 2. The van der Waals surface area contributed by atoms with Gasteiger partial charge in [-0.2, -0.15) is 0 Å². The maximum atomic E-state index is 11.6. The summed E-state index contributed by atoms with van der Waals surface area (Å²) in [5.74, 6) is -2.46. The Kier molecular flexibility index (Phi) is 9.76. The number of alkyl carbamates (subject to hydrolysis) is 1. The molecule has 0 bridgehead atoms. The molecule has 10 nitrogen and oxygen atoms in total. The molecule has 1 atom stereocenters. The number of carbonyl (C=O) groups excluding carboxylic acids is 2. The molecule has 10 heteroatoms. The van der Waals surface area contributed by atoms with Gasteiger partial charge in [-0.3, -0.25) is 4.79 Å². The molecule has 0 aromatic heterocycles. The van der Waals surface area contributed by atoms with Gasteiger partial charge >= 0.3 is 24.1 Å². The Labute approximate surface area is 155 Å². The monoisotopic (exact) mass is 381 g/mol. The number of benzene rings is 1. The zero-order valence-electron chi connectivity index (χ0n) is 14.6. The fourth-order valence-electron chi connectivity index (χ4n) is 2.06. The normalized spacial score (nSPS) is 11.1. The number of unbranched alkanes of at least 4 members (excludes halogenated alkanes) is 1. The van der Waals surface area contributed by atoms with Gasteiger partial charge in [0.2, 0.25) is 0 Å². The minimum atomic E-state index is -1.23. The average molecular weight is 381 g/mol. The number of rotatable bonds is 11. The number of ether oxygens (including phenoxy) is 1. The molecule has 0 unspecified atom stereocenters. The van der Waals surface area contributed by atoms with Crippen LogP contribution in [0, 0.1) is 0 Å². The summed E-state index contributed by atoms with van der Waals surface area (Å²) in [5.41, 5.74) is 0.865. The average Bonchev–Trinajstić information content (AvgIpc) is 2.64. The molecule has 0 saturated carbocycles. The van der Waals surface area contributed by atoms with Crippen molar-refractivity contribution in [2.24, 2.45) is 0 Å². The third-order valence-corrected chi connectivity index (χ3v) is 3.41. The van der Waals surface area contributed by atoms with Crippen molar-refractivity contribution in [2.45, 2.75) is 31.9 Å². The highest BCUT2D eigenvalue weighted by atomic mass is 16.5. The first-order valence-electron chi connectivity index (χ1n) is 8.32. The zero-order valence-corrected chi connectivity index (χ0v) is 14.6. The quantitative estimate of drug-likeness (QED) is 0.357. The molecule has 27 heavy (non-hydrogen) atoms. The van der Waals surface area contributed by atoms with Crippen molar-refractivity contribution >= 4 is 24.1 Å². The molecule has 0 saturated heterocycles. The van der Waals surface area contributed by atoms with Crippen molar-refractivity contribution in [3.8, 4) is 0 Å². The summed E-state index contributed by atoms with van der Waals surface area (Å²) in [6, 6.07) is 7.18. The first-order valence-corrected chi connectivity index (χ1v) is 8.32. The predicted octanol–water partition coefficient (Wildman–Crippen LogP) is 0.920. The number of urea groups is 1. The van der Waals surface area contributed by atoms with Crippen molar-refractivity contribution < 1.29 is 34.1 Å². The maximum absolute atomic E-state index is 11.6. The number of carbonyl (C=O) groups is 4. The lowest BCUT2D eigenvalue weighted by molar-refractivity contribution is -0.139. The summed E-state index contributed by atoms with van der Waals surface area (Å²) in [4.78, 5) is 44.4. The number of aliphatic carboxylic acids is 2. The molecule has 148 valence electrons. The summed E-state index contributed by atoms with van der Waals surface area (Å²) < 4.78 is 5.04. The predicted molar refractivity (Wildman–Crippen MR) is 94.1 cm³/mol. The molecule has 0 aliphatic heterocycles. The van der Waals surface area contributed by atoms with Crippen LogP contribution in [0.5, 0.6) is 0 Å². The van der Waals surface area contributed by atoms with Crippen LogP contribution in [-0.2, 0) is 20.9 Å². The lowest BCUT2D eigenvalue weighted by Gasteiger charge is -2.14. The largest absolute Gasteiger partial charge is 0.480 e. The van der Waals surface area contributed by atoms with Crippen LogP contribution in [0.1, 0.15) is 24.8 Å². The van der Waals surface area contributed by atoms with Gasteiger partial charge in [0.25, 0.3) is 0 Å². The molecule has 0 aliphatic rings. The number of nitrogens with one attached hydrogen (secondary N) is 3. The van der Waals surface area contributed by atoms with Gasteiger partial charge in [-0.15, -0.1) is 0 Å². The second-order valence-electron chi connectivity index (χ2n) is 5.60. The van der Waals surface area contributed by atoms with Gasteiger partial charge in [0, 0.05) is 6.54 Å². The van der Waals surface area contributed by atoms with Crippen LogP contribution in [0.2, 0.25) is 0 Å². The maximum Gasteiger partial charge on any atom is 0.407 e. The van der Waals surface area contributed by atoms with Crippen LogP contribution in [0.3, 0.4) is 0 Å². The zero-order chi connectivity index (χ0) is 20.1. The summed E-state index contributed by atoms with van der Waals surface area (Å²) in [5, 5.41) is 24.3. The fourth-order valence-corrected chi connectivity index (χ4v) is 2.06. The van der Waals surface area contributed by atoms with E-state index >= 15 is 0 Å². The van der Waals surface area contributed by atoms with E-state index in [2.05, 4.69) is 10.6 Å². The van der Waals surface area contributed by atoms with Crippen molar-refractivity contribution in [3.63, 3.8) is 0 Å². The number of hydrogen-bond acceptors (Lipinski definition) is 5. The summed E-state index contributed by atoms with van der Waals surface area (Å²) in [6.45, 7) is -0.151. The number of hydrogen-bond donors (Lipinski definition) is 5. The molecule has 1 rings (SSSR count). The van der Waals surface area contributed by atoms with Gasteiger partial charge < -0.3 is 30.9 Å². The van der Waals surface area contributed by atoms with Crippen LogP contribution < -0.4 is 16.0 Å². The van der Waals surface area contributed by atoms with Crippen molar-refractivity contribution in [3.05, 3.63) is 35.9 Å². The van der Waals surface area contributed by atoms with Crippen LogP contribution in [-0.4, -0.2) is 53.4 Å². The van der Waals surface area contributed by atoms with Crippen LogP contribution in [0.4, 0.5) is 9.59 Å². The van der Waals surface area contributed by atoms with Gasteiger partial charge in [-0.05, 0) is 24.8 Å². The van der Waals surface area contributed by atoms with Gasteiger partial charge in [0.05, 0.1) is 0 Å². The van der Waals surface area contributed by atoms with E-state index in [9.17, 15) is 19.2 Å². The molecular weight excluding hydrogens is 358 g/mol. The summed E-state index contributed by atoms with van der Waals surface area (Å²) in [6.07, 6.45) is 0.480. The Morgan fingerprint density at radius 1 is 1.00 bits per heavy atom. The lowest BCUT2D eigenvalue weighted by atomic mass is 10.1. The van der Waals surface area contributed by atoms with E-state index in [-0.39, 0.29) is 13.0 Å². The lowest BCUT2D eigenvalue weighted by Crippen LogP contribution is -2.47. The van der Waals surface area contributed by atoms with E-state index < -0.39 is 36.6 Å². The van der Waals surface area contributed by atoms with E-state index in [1.165, 1.54) is 0 Å². The molecule has 0 fully saturated rings. The van der Waals surface area contributed by atoms with Gasteiger partial charge in [0.15, 0.2) is 0 Å². The van der Waals surface area contributed by atoms with Crippen LogP contribution >= 0.6 is 0 Å². The molecule has 0 spiro atoms. The summed E-state index contributed by atoms with van der Waals surface area (Å²) in [7, 11) is 0. The van der Waals surface area contributed by atoms with E-state index in [0.717, 1.165) is 5.56 Å². The number of amides is 3. The highest BCUT2D eigenvalue weighted by molar-refractivity contribution is 5.84. The van der Waals surface area contributed by atoms with Gasteiger partial charge in [0.1, 0.15) is 19.2 Å². The van der Waals surface area contributed by atoms with Crippen molar-refractivity contribution in [1.29, 1.82) is 0 Å². The van der Waals surface area contributed by atoms with Gasteiger partial charge in [-0.1, -0.05) is 30.3 Å². The van der Waals surface area contributed by atoms with Crippen LogP contribution in [0.25, 0.3) is 0 Å². The van der Waals surface area contributed by atoms with E-state index in [0.29, 0.717) is 19.4 Å². The molecule has 1 aromatic rings. The van der Waals surface area contributed by atoms with Gasteiger partial charge in [-0.25, -0.2) is 14.4 Å². The second kappa shape index (κ2) is 12.1. The Morgan fingerprint density at radius 3 is 2.33 bits per heavy atom. The third kappa shape index (κ3) is 10.3. The minimum Gasteiger partial charge on any atom is -0.480 e. The van der Waals surface area contributed by atoms with E-state index in [4.69, 9.17) is 14.9 Å². The molecule has 3 amide bonds. The smallest absolute Gasteiger partial charge is 0.407 e. The Balaban J connectivity index is 2.18. The molecule has 0 aliphatic carbocycles. The van der Waals surface area contributed by atoms with Crippen molar-refractivity contribution in [1.82, 2.24) is 16.0 Å². The first-order chi connectivity index (χ1) is 12.9. The minimum absolute atomic E-state index is 0.135. The third-order valence-electron chi connectivity index (χ3n) is 3.41. The molecule has 1 aromatic carbocycles. The molecule has 0 radical (unpaired) electrons. The fraction of sp³-hybridized carbons (Fsp3) is 0.412.